The highest BCUT2D eigenvalue weighted by molar-refractivity contribution is 5.73. The molecule has 1 fully saturated rings. The lowest BCUT2D eigenvalue weighted by molar-refractivity contribution is -0.141. The van der Waals surface area contributed by atoms with E-state index in [0.29, 0.717) is 18.5 Å². The summed E-state index contributed by atoms with van der Waals surface area (Å²) >= 11 is 0. The molecule has 1 unspecified atom stereocenters. The zero-order valence-electron chi connectivity index (χ0n) is 10.6. The molecular weight excluding hydrogens is 228 g/mol. The van der Waals surface area contributed by atoms with Crippen LogP contribution in [0.1, 0.15) is 25.8 Å². The highest BCUT2D eigenvalue weighted by Gasteiger charge is 2.41. The predicted octanol–water partition coefficient (Wildman–Crippen LogP) is 2.25. The van der Waals surface area contributed by atoms with Crippen LogP contribution in [0.5, 0.6) is 0 Å². The molecule has 0 aliphatic carbocycles. The molecule has 0 radical (unpaired) electrons. The summed E-state index contributed by atoms with van der Waals surface area (Å²) in [7, 11) is 0. The lowest BCUT2D eigenvalue weighted by Crippen LogP contribution is -2.38. The smallest absolute Gasteiger partial charge is 0.308 e. The van der Waals surface area contributed by atoms with Crippen molar-refractivity contribution in [3.63, 3.8) is 0 Å². The fraction of sp³-hybridized carbons (Fsp3) is 0.429. The van der Waals surface area contributed by atoms with E-state index in [1.54, 1.807) is 12.1 Å². The van der Waals surface area contributed by atoms with Gasteiger partial charge in [-0.25, -0.2) is 0 Å². The molecule has 2 rings (SSSR count). The molecule has 1 atom stereocenters. The molecule has 94 valence electrons. The van der Waals surface area contributed by atoms with E-state index in [0.717, 1.165) is 5.69 Å². The Morgan fingerprint density at radius 1 is 1.44 bits per heavy atom. The van der Waals surface area contributed by atoms with Gasteiger partial charge in [0.25, 0.3) is 0 Å². The summed E-state index contributed by atoms with van der Waals surface area (Å²) < 4.78 is 0. The summed E-state index contributed by atoms with van der Waals surface area (Å²) in [4.78, 5) is 13.2. The molecule has 4 heteroatoms. The Kier molecular flexibility index (Phi) is 3.00. The van der Waals surface area contributed by atoms with E-state index in [-0.39, 0.29) is 11.5 Å². The number of carboxylic acids is 1. The third-order valence-electron chi connectivity index (χ3n) is 3.54. The minimum absolute atomic E-state index is 0.169. The maximum absolute atomic E-state index is 11.1. The number of rotatable bonds is 2. The molecule has 1 aliphatic heterocycles. The predicted molar refractivity (Wildman–Crippen MR) is 68.3 cm³/mol. The van der Waals surface area contributed by atoms with Crippen LogP contribution < -0.4 is 4.90 Å². The van der Waals surface area contributed by atoms with Crippen molar-refractivity contribution < 1.29 is 9.90 Å². The van der Waals surface area contributed by atoms with Crippen LogP contribution in [0.15, 0.2) is 24.3 Å². The molecule has 1 heterocycles. The Morgan fingerprint density at radius 2 is 2.06 bits per heavy atom. The van der Waals surface area contributed by atoms with Crippen molar-refractivity contribution >= 4 is 11.7 Å². The summed E-state index contributed by atoms with van der Waals surface area (Å²) in [5, 5.41) is 17.9. The number of nitriles is 1. The average molecular weight is 244 g/mol. The number of carboxylic acid groups (broad SMARTS) is 1. The Morgan fingerprint density at radius 3 is 2.50 bits per heavy atom. The maximum Gasteiger partial charge on any atom is 0.308 e. The molecular formula is C14H16N2O2. The number of nitrogens with zero attached hydrogens (tertiary/aromatic N) is 2. The molecule has 0 bridgehead atoms. The fourth-order valence-electron chi connectivity index (χ4n) is 2.58. The topological polar surface area (TPSA) is 64.3 Å². The normalized spacial score (nSPS) is 21.6. The van der Waals surface area contributed by atoms with Gasteiger partial charge in [-0.1, -0.05) is 0 Å². The van der Waals surface area contributed by atoms with Crippen LogP contribution in [-0.2, 0) is 4.79 Å². The zero-order chi connectivity index (χ0) is 13.3. The number of benzene rings is 1. The Labute approximate surface area is 106 Å². The number of aliphatic carboxylic acids is 1. The SMILES string of the molecule is CC1(C)CC(C(=O)O)CN1c1ccc(C#N)cc1. The second-order valence-corrected chi connectivity index (χ2v) is 5.32. The van der Waals surface area contributed by atoms with Gasteiger partial charge in [-0.15, -0.1) is 0 Å². The summed E-state index contributed by atoms with van der Waals surface area (Å²) in [6.07, 6.45) is 0.641. The number of hydrogen-bond donors (Lipinski definition) is 1. The molecule has 0 saturated carbocycles. The van der Waals surface area contributed by atoms with Crippen LogP contribution in [0.4, 0.5) is 5.69 Å². The summed E-state index contributed by atoms with van der Waals surface area (Å²) in [5.41, 5.74) is 1.42. The van der Waals surface area contributed by atoms with E-state index in [2.05, 4.69) is 11.0 Å². The third kappa shape index (κ3) is 2.17. The zero-order valence-corrected chi connectivity index (χ0v) is 10.6. The third-order valence-corrected chi connectivity index (χ3v) is 3.54. The highest BCUT2D eigenvalue weighted by Crippen LogP contribution is 2.36. The lowest BCUT2D eigenvalue weighted by atomic mass is 9.96. The van der Waals surface area contributed by atoms with Crippen molar-refractivity contribution in [3.8, 4) is 6.07 Å². The Balaban J connectivity index is 2.27. The van der Waals surface area contributed by atoms with Crippen LogP contribution >= 0.6 is 0 Å². The van der Waals surface area contributed by atoms with Crippen LogP contribution in [0, 0.1) is 17.2 Å². The molecule has 1 N–H and O–H groups in total. The quantitative estimate of drug-likeness (QED) is 0.866. The van der Waals surface area contributed by atoms with Gasteiger partial charge in [0.2, 0.25) is 0 Å². The molecule has 18 heavy (non-hydrogen) atoms. The van der Waals surface area contributed by atoms with Crippen molar-refractivity contribution in [2.24, 2.45) is 5.92 Å². The molecule has 1 aromatic carbocycles. The summed E-state index contributed by atoms with van der Waals surface area (Å²) in [6.45, 7) is 4.62. The van der Waals surface area contributed by atoms with E-state index < -0.39 is 5.97 Å². The number of hydrogen-bond acceptors (Lipinski definition) is 3. The largest absolute Gasteiger partial charge is 0.481 e. The van der Waals surface area contributed by atoms with E-state index in [4.69, 9.17) is 10.4 Å². The maximum atomic E-state index is 11.1. The first-order valence-corrected chi connectivity index (χ1v) is 5.94. The van der Waals surface area contributed by atoms with Crippen LogP contribution in [0.25, 0.3) is 0 Å². The molecule has 1 saturated heterocycles. The van der Waals surface area contributed by atoms with Gasteiger partial charge in [-0.2, -0.15) is 5.26 Å². The molecule has 0 aromatic heterocycles. The minimum Gasteiger partial charge on any atom is -0.481 e. The van der Waals surface area contributed by atoms with Crippen molar-refractivity contribution in [2.45, 2.75) is 25.8 Å². The van der Waals surface area contributed by atoms with Crippen molar-refractivity contribution in [3.05, 3.63) is 29.8 Å². The molecule has 4 nitrogen and oxygen atoms in total. The van der Waals surface area contributed by atoms with Gasteiger partial charge < -0.3 is 10.0 Å². The second kappa shape index (κ2) is 4.34. The first-order valence-electron chi connectivity index (χ1n) is 5.94. The number of carbonyl (C=O) groups is 1. The molecule has 1 aliphatic rings. The molecule has 0 amide bonds. The van der Waals surface area contributed by atoms with Crippen molar-refractivity contribution in [2.75, 3.05) is 11.4 Å². The second-order valence-electron chi connectivity index (χ2n) is 5.32. The van der Waals surface area contributed by atoms with Gasteiger partial charge in [-0.3, -0.25) is 4.79 Å². The van der Waals surface area contributed by atoms with E-state index >= 15 is 0 Å². The Bertz CT molecular complexity index is 500. The van der Waals surface area contributed by atoms with Crippen LogP contribution in [0.2, 0.25) is 0 Å². The van der Waals surface area contributed by atoms with Gasteiger partial charge in [0.05, 0.1) is 17.6 Å². The van der Waals surface area contributed by atoms with Crippen LogP contribution in [-0.4, -0.2) is 23.2 Å². The van der Waals surface area contributed by atoms with E-state index in [1.807, 2.05) is 26.0 Å². The first kappa shape index (κ1) is 12.4. The molecule has 1 aromatic rings. The molecule has 0 spiro atoms. The summed E-state index contributed by atoms with van der Waals surface area (Å²) in [5.74, 6) is -1.06. The van der Waals surface area contributed by atoms with E-state index in [9.17, 15) is 4.79 Å². The lowest BCUT2D eigenvalue weighted by Gasteiger charge is -2.33. The summed E-state index contributed by atoms with van der Waals surface area (Å²) in [6, 6.07) is 9.37. The highest BCUT2D eigenvalue weighted by atomic mass is 16.4. The van der Waals surface area contributed by atoms with Gasteiger partial charge >= 0.3 is 5.97 Å². The van der Waals surface area contributed by atoms with Crippen LogP contribution in [0.3, 0.4) is 0 Å². The first-order chi connectivity index (χ1) is 8.44. The van der Waals surface area contributed by atoms with Gasteiger partial charge in [0.1, 0.15) is 0 Å². The average Bonchev–Trinajstić information content (AvgIpc) is 2.65. The van der Waals surface area contributed by atoms with E-state index in [1.165, 1.54) is 0 Å². The van der Waals surface area contributed by atoms with Crippen molar-refractivity contribution in [1.82, 2.24) is 0 Å². The number of anilines is 1. The minimum atomic E-state index is -0.737. The standard InChI is InChI=1S/C14H16N2O2/c1-14(2)7-11(13(17)18)9-16(14)12-5-3-10(8-15)4-6-12/h3-6,11H,7,9H2,1-2H3,(H,17,18). The monoisotopic (exact) mass is 244 g/mol. The van der Waals surface area contributed by atoms with Crippen molar-refractivity contribution in [1.29, 1.82) is 5.26 Å². The van der Waals surface area contributed by atoms with Gasteiger partial charge in [0, 0.05) is 17.8 Å². The van der Waals surface area contributed by atoms with Gasteiger partial charge in [0.15, 0.2) is 0 Å². The fourth-order valence-corrected chi connectivity index (χ4v) is 2.58. The van der Waals surface area contributed by atoms with Gasteiger partial charge in [-0.05, 0) is 44.5 Å². The Hall–Kier alpha value is -2.02.